The van der Waals surface area contributed by atoms with Gasteiger partial charge < -0.3 is 19.8 Å². The number of rotatable bonds is 7. The number of ether oxygens (including phenoxy) is 2. The third kappa shape index (κ3) is 4.84. The monoisotopic (exact) mass is 430 g/mol. The van der Waals surface area contributed by atoms with Gasteiger partial charge in [-0.15, -0.1) is 0 Å². The number of methoxy groups -OCH3 is 1. The molecule has 28 heavy (non-hydrogen) atoms. The molecule has 1 amide bonds. The molecule has 152 valence electrons. The van der Waals surface area contributed by atoms with Crippen LogP contribution in [0.25, 0.3) is 0 Å². The first-order valence-electron chi connectivity index (χ1n) is 8.47. The smallest absolute Gasteiger partial charge is 0.340 e. The number of aryl methyl sites for hydroxylation is 1. The Labute approximate surface area is 172 Å². The average Bonchev–Trinajstić information content (AvgIpc) is 2.92. The minimum Gasteiger partial charge on any atom is -0.460 e. The number of halogens is 3. The predicted molar refractivity (Wildman–Crippen MR) is 105 cm³/mol. The molecule has 0 saturated carbocycles. The Hall–Kier alpha value is -2.09. The molecule has 0 spiro atoms. The fourth-order valence-electron chi connectivity index (χ4n) is 2.79. The lowest BCUT2D eigenvalue weighted by molar-refractivity contribution is 0.0387. The van der Waals surface area contributed by atoms with Crippen LogP contribution >= 0.6 is 23.2 Å². The van der Waals surface area contributed by atoms with E-state index in [0.717, 1.165) is 0 Å². The van der Waals surface area contributed by atoms with Gasteiger partial charge >= 0.3 is 5.97 Å². The van der Waals surface area contributed by atoms with Crippen LogP contribution in [-0.4, -0.2) is 37.2 Å². The van der Waals surface area contributed by atoms with Crippen LogP contribution in [0.5, 0.6) is 0 Å². The maximum atomic E-state index is 13.7. The highest BCUT2D eigenvalue weighted by atomic mass is 35.5. The first-order valence-corrected chi connectivity index (χ1v) is 9.23. The van der Waals surface area contributed by atoms with E-state index in [1.165, 1.54) is 19.2 Å². The molecule has 0 aliphatic rings. The number of carbonyl (C=O) groups is 2. The molecule has 0 fully saturated rings. The molecule has 2 N–H and O–H groups in total. The van der Waals surface area contributed by atoms with E-state index < -0.39 is 23.7 Å². The van der Waals surface area contributed by atoms with Gasteiger partial charge in [-0.1, -0.05) is 23.2 Å². The second-order valence-electron chi connectivity index (χ2n) is 6.24. The normalized spacial score (nSPS) is 12.0. The van der Waals surface area contributed by atoms with E-state index in [1.807, 2.05) is 0 Å². The summed E-state index contributed by atoms with van der Waals surface area (Å²) >= 11 is 11.8. The highest BCUT2D eigenvalue weighted by Crippen LogP contribution is 2.29. The highest BCUT2D eigenvalue weighted by Gasteiger charge is 2.24. The van der Waals surface area contributed by atoms with E-state index in [2.05, 4.69) is 10.3 Å². The summed E-state index contributed by atoms with van der Waals surface area (Å²) in [5.41, 5.74) is 1.86. The third-order valence-corrected chi connectivity index (χ3v) is 4.86. The molecule has 0 aliphatic heterocycles. The number of aromatic nitrogens is 1. The molecule has 2 aromatic rings. The predicted octanol–water partition coefficient (Wildman–Crippen LogP) is 4.37. The zero-order chi connectivity index (χ0) is 21.0. The number of hydrogen-bond donors (Lipinski definition) is 2. The average molecular weight is 431 g/mol. The third-order valence-electron chi connectivity index (χ3n) is 4.24. The summed E-state index contributed by atoms with van der Waals surface area (Å²) in [4.78, 5) is 27.8. The summed E-state index contributed by atoms with van der Waals surface area (Å²) in [7, 11) is 1.50. The molecule has 1 atom stereocenters. The topological polar surface area (TPSA) is 80.4 Å². The van der Waals surface area contributed by atoms with Crippen molar-refractivity contribution in [1.82, 2.24) is 10.3 Å². The molecule has 1 unspecified atom stereocenters. The number of benzene rings is 1. The quantitative estimate of drug-likeness (QED) is 0.388. The van der Waals surface area contributed by atoms with E-state index in [1.54, 1.807) is 20.8 Å². The minimum absolute atomic E-state index is 0.0975. The van der Waals surface area contributed by atoms with Crippen LogP contribution in [0.15, 0.2) is 12.1 Å². The van der Waals surface area contributed by atoms with Crippen molar-refractivity contribution in [1.29, 1.82) is 0 Å². The van der Waals surface area contributed by atoms with Crippen molar-refractivity contribution in [2.45, 2.75) is 26.8 Å². The molecule has 0 radical (unpaired) electrons. The second kappa shape index (κ2) is 9.41. The van der Waals surface area contributed by atoms with Crippen molar-refractivity contribution >= 4 is 35.1 Å². The van der Waals surface area contributed by atoms with Gasteiger partial charge in [0.1, 0.15) is 18.1 Å². The number of aromatic amines is 1. The zero-order valence-corrected chi connectivity index (χ0v) is 17.4. The van der Waals surface area contributed by atoms with E-state index in [0.29, 0.717) is 22.4 Å². The fourth-order valence-corrected chi connectivity index (χ4v) is 3.34. The van der Waals surface area contributed by atoms with Crippen LogP contribution in [-0.2, 0) is 9.47 Å². The molecular formula is C19H21Cl2FN2O4. The lowest BCUT2D eigenvalue weighted by Gasteiger charge is -2.16. The van der Waals surface area contributed by atoms with E-state index in [4.69, 9.17) is 32.7 Å². The van der Waals surface area contributed by atoms with Gasteiger partial charge in [0.25, 0.3) is 5.91 Å². The lowest BCUT2D eigenvalue weighted by atomic mass is 10.1. The molecule has 9 heteroatoms. The summed E-state index contributed by atoms with van der Waals surface area (Å²) in [6.45, 7) is 5.37. The van der Waals surface area contributed by atoms with Gasteiger partial charge in [0.15, 0.2) is 0 Å². The van der Waals surface area contributed by atoms with Crippen molar-refractivity contribution in [2.75, 3.05) is 20.3 Å². The van der Waals surface area contributed by atoms with Crippen molar-refractivity contribution < 1.29 is 23.5 Å². The van der Waals surface area contributed by atoms with Crippen LogP contribution < -0.4 is 5.32 Å². The van der Waals surface area contributed by atoms with Gasteiger partial charge in [-0.05, 0) is 44.0 Å². The van der Waals surface area contributed by atoms with Crippen molar-refractivity contribution in [3.05, 3.63) is 56.1 Å². The van der Waals surface area contributed by atoms with Crippen molar-refractivity contribution in [2.24, 2.45) is 0 Å². The Balaban J connectivity index is 2.20. The number of carbonyl (C=O) groups excluding carboxylic acids is 2. The first-order chi connectivity index (χ1) is 13.2. The standard InChI is InChI=1S/C19H21Cl2FN2O4/c1-9-16(19(26)28-6-5-27-4)11(3)23-17(9)18(25)24-10(2)12-7-15(22)14(21)8-13(12)20/h7-8,10,23H,5-6H2,1-4H3,(H,24,25). The molecule has 2 rings (SSSR count). The number of hydrogen-bond acceptors (Lipinski definition) is 4. The Kier molecular flexibility index (Phi) is 7.46. The second-order valence-corrected chi connectivity index (χ2v) is 7.05. The summed E-state index contributed by atoms with van der Waals surface area (Å²) in [5, 5.41) is 2.88. The largest absolute Gasteiger partial charge is 0.460 e. The maximum absolute atomic E-state index is 13.7. The number of esters is 1. The highest BCUT2D eigenvalue weighted by molar-refractivity contribution is 6.35. The molecule has 0 saturated heterocycles. The first kappa shape index (κ1) is 22.2. The SMILES string of the molecule is COCCOC(=O)c1c(C)[nH]c(C(=O)NC(C)c2cc(F)c(Cl)cc2Cl)c1C. The van der Waals surface area contributed by atoms with Crippen LogP contribution in [0.2, 0.25) is 10.0 Å². The maximum Gasteiger partial charge on any atom is 0.340 e. The van der Waals surface area contributed by atoms with Crippen molar-refractivity contribution in [3.8, 4) is 0 Å². The molecule has 0 bridgehead atoms. The van der Waals surface area contributed by atoms with Gasteiger partial charge in [0, 0.05) is 17.8 Å². The number of H-pyrrole nitrogens is 1. The Morgan fingerprint density at radius 2 is 1.89 bits per heavy atom. The molecular weight excluding hydrogens is 410 g/mol. The Morgan fingerprint density at radius 3 is 2.54 bits per heavy atom. The van der Waals surface area contributed by atoms with Crippen LogP contribution in [0, 0.1) is 19.7 Å². The van der Waals surface area contributed by atoms with Crippen LogP contribution in [0.1, 0.15) is 50.6 Å². The summed E-state index contributed by atoms with van der Waals surface area (Å²) < 4.78 is 23.7. The van der Waals surface area contributed by atoms with Gasteiger partial charge in [0.05, 0.1) is 23.2 Å². The van der Waals surface area contributed by atoms with E-state index in [9.17, 15) is 14.0 Å². The minimum atomic E-state index is -0.629. The molecule has 1 heterocycles. The molecule has 6 nitrogen and oxygen atoms in total. The van der Waals surface area contributed by atoms with Crippen LogP contribution in [0.4, 0.5) is 4.39 Å². The molecule has 0 aliphatic carbocycles. The van der Waals surface area contributed by atoms with E-state index in [-0.39, 0.29) is 29.0 Å². The van der Waals surface area contributed by atoms with E-state index >= 15 is 0 Å². The van der Waals surface area contributed by atoms with Gasteiger partial charge in [0.2, 0.25) is 0 Å². The van der Waals surface area contributed by atoms with Gasteiger partial charge in [-0.3, -0.25) is 4.79 Å². The zero-order valence-electron chi connectivity index (χ0n) is 15.9. The Bertz CT molecular complexity index is 899. The fraction of sp³-hybridized carbons (Fsp3) is 0.368. The van der Waals surface area contributed by atoms with Crippen LogP contribution in [0.3, 0.4) is 0 Å². The van der Waals surface area contributed by atoms with Gasteiger partial charge in [-0.2, -0.15) is 0 Å². The van der Waals surface area contributed by atoms with Crippen molar-refractivity contribution in [3.63, 3.8) is 0 Å². The van der Waals surface area contributed by atoms with Gasteiger partial charge in [-0.25, -0.2) is 9.18 Å². The molecule has 1 aromatic heterocycles. The summed E-state index contributed by atoms with van der Waals surface area (Å²) in [6, 6.07) is 1.88. The lowest BCUT2D eigenvalue weighted by Crippen LogP contribution is -2.28. The Morgan fingerprint density at radius 1 is 1.21 bits per heavy atom. The summed E-state index contributed by atoms with van der Waals surface area (Å²) in [5.74, 6) is -1.64. The summed E-state index contributed by atoms with van der Waals surface area (Å²) in [6.07, 6.45) is 0. The molecule has 1 aromatic carbocycles. The number of amides is 1. The number of nitrogens with one attached hydrogen (secondary N) is 2.